The zero-order valence-electron chi connectivity index (χ0n) is 11.0. The van der Waals surface area contributed by atoms with Crippen molar-refractivity contribution in [2.75, 3.05) is 5.88 Å². The summed E-state index contributed by atoms with van der Waals surface area (Å²) in [5.74, 6) is 0.919. The quantitative estimate of drug-likeness (QED) is 0.481. The molecule has 0 radical (unpaired) electrons. The molecule has 0 saturated heterocycles. The van der Waals surface area contributed by atoms with Crippen LogP contribution in [0.4, 0.5) is 5.69 Å². The van der Waals surface area contributed by atoms with Crippen molar-refractivity contribution in [3.63, 3.8) is 0 Å². The number of nitrogens with two attached hydrogens (primary N) is 1. The molecular weight excluding hydrogens is 314 g/mol. The van der Waals surface area contributed by atoms with Gasteiger partial charge in [-0.25, -0.2) is 18.1 Å². The number of nitrogens with zero attached hydrogens (tertiary/aromatic N) is 1. The van der Waals surface area contributed by atoms with Crippen LogP contribution in [0.2, 0.25) is 0 Å². The summed E-state index contributed by atoms with van der Waals surface area (Å²) in [5, 5.41) is 0. The number of aliphatic imine (C=N–C) groups is 1. The van der Waals surface area contributed by atoms with Crippen molar-refractivity contribution >= 4 is 33.1 Å². The number of amidine groups is 1. The van der Waals surface area contributed by atoms with Gasteiger partial charge in [0.1, 0.15) is 11.6 Å². The zero-order valence-corrected chi connectivity index (χ0v) is 12.6. The maximum atomic E-state index is 12.1. The second-order valence-electron chi connectivity index (χ2n) is 4.13. The summed E-state index contributed by atoms with van der Waals surface area (Å²) in [6.45, 7) is 0.0917. The van der Waals surface area contributed by atoms with E-state index in [0.717, 1.165) is 0 Å². The Morgan fingerprint density at radius 2 is 2.00 bits per heavy atom. The van der Waals surface area contributed by atoms with E-state index in [9.17, 15) is 8.42 Å². The smallest absolute Gasteiger partial charge is 0.240 e. The van der Waals surface area contributed by atoms with Gasteiger partial charge in [0.15, 0.2) is 0 Å². The summed E-state index contributed by atoms with van der Waals surface area (Å²) in [6, 6.07) is 9.39. The lowest BCUT2D eigenvalue weighted by atomic mass is 10.3. The topological polar surface area (TPSA) is 97.7 Å². The number of furan rings is 1. The fourth-order valence-electron chi connectivity index (χ4n) is 1.56. The highest BCUT2D eigenvalue weighted by molar-refractivity contribution is 7.89. The van der Waals surface area contributed by atoms with Crippen LogP contribution in [0.25, 0.3) is 0 Å². The van der Waals surface area contributed by atoms with E-state index in [1.54, 1.807) is 24.3 Å². The van der Waals surface area contributed by atoms with Gasteiger partial charge >= 0.3 is 0 Å². The first kappa shape index (κ1) is 15.6. The van der Waals surface area contributed by atoms with Gasteiger partial charge in [-0.15, -0.1) is 11.6 Å². The van der Waals surface area contributed by atoms with Gasteiger partial charge in [0.2, 0.25) is 10.0 Å². The number of halogens is 1. The van der Waals surface area contributed by atoms with Crippen molar-refractivity contribution in [3.8, 4) is 0 Å². The number of sulfonamides is 1. The molecule has 0 aliphatic rings. The fraction of sp³-hybridized carbons (Fsp3) is 0.154. The molecule has 1 heterocycles. The Hall–Kier alpha value is -1.83. The maximum absolute atomic E-state index is 12.1. The Labute approximate surface area is 127 Å². The Morgan fingerprint density at radius 1 is 1.29 bits per heavy atom. The standard InChI is InChI=1S/C13H14ClN3O3S/c14-8-13(15)17-10-3-5-12(6-4-10)21(18,19)16-9-11-2-1-7-20-11/h1-7,16H,8-9H2,(H2,15,17). The number of hydrogen-bond donors (Lipinski definition) is 2. The first-order valence-corrected chi connectivity index (χ1v) is 8.04. The van der Waals surface area contributed by atoms with Crippen molar-refractivity contribution in [2.45, 2.75) is 11.4 Å². The molecule has 0 amide bonds. The third kappa shape index (κ3) is 4.32. The van der Waals surface area contributed by atoms with Crippen molar-refractivity contribution in [2.24, 2.45) is 10.7 Å². The molecule has 0 saturated carbocycles. The van der Waals surface area contributed by atoms with Gasteiger partial charge < -0.3 is 10.2 Å². The van der Waals surface area contributed by atoms with Gasteiger partial charge in [0.05, 0.1) is 29.3 Å². The molecule has 1 aromatic heterocycles. The Morgan fingerprint density at radius 3 is 2.57 bits per heavy atom. The SMILES string of the molecule is NC(CCl)=Nc1ccc(S(=O)(=O)NCc2ccco2)cc1. The highest BCUT2D eigenvalue weighted by Gasteiger charge is 2.14. The summed E-state index contributed by atoms with van der Waals surface area (Å²) in [5.41, 5.74) is 6.05. The summed E-state index contributed by atoms with van der Waals surface area (Å²) in [6.07, 6.45) is 1.48. The fourth-order valence-corrected chi connectivity index (χ4v) is 2.61. The van der Waals surface area contributed by atoms with E-state index in [1.807, 2.05) is 0 Å². The number of hydrogen-bond acceptors (Lipinski definition) is 4. The van der Waals surface area contributed by atoms with Crippen LogP contribution >= 0.6 is 11.6 Å². The van der Waals surface area contributed by atoms with Gasteiger partial charge in [0.25, 0.3) is 0 Å². The van der Waals surface area contributed by atoms with E-state index in [-0.39, 0.29) is 23.2 Å². The number of alkyl halides is 1. The molecule has 0 atom stereocenters. The lowest BCUT2D eigenvalue weighted by Gasteiger charge is -2.05. The predicted molar refractivity (Wildman–Crippen MR) is 81.2 cm³/mol. The van der Waals surface area contributed by atoms with Gasteiger partial charge in [-0.05, 0) is 36.4 Å². The summed E-state index contributed by atoms with van der Waals surface area (Å²) < 4.78 is 31.7. The molecule has 2 aromatic rings. The largest absolute Gasteiger partial charge is 0.468 e. The highest BCUT2D eigenvalue weighted by Crippen LogP contribution is 2.17. The summed E-state index contributed by atoms with van der Waals surface area (Å²) in [4.78, 5) is 4.16. The molecule has 2 rings (SSSR count). The highest BCUT2D eigenvalue weighted by atomic mass is 35.5. The molecule has 6 nitrogen and oxygen atoms in total. The Kier molecular flexibility index (Phi) is 5.00. The van der Waals surface area contributed by atoms with Crippen molar-refractivity contribution < 1.29 is 12.8 Å². The van der Waals surface area contributed by atoms with Crippen LogP contribution in [-0.2, 0) is 16.6 Å². The van der Waals surface area contributed by atoms with Crippen LogP contribution < -0.4 is 10.5 Å². The lowest BCUT2D eigenvalue weighted by Crippen LogP contribution is -2.22. The molecule has 0 aliphatic carbocycles. The van der Waals surface area contributed by atoms with Crippen LogP contribution in [0.15, 0.2) is 57.0 Å². The average molecular weight is 328 g/mol. The second-order valence-corrected chi connectivity index (χ2v) is 6.17. The van der Waals surface area contributed by atoms with Crippen LogP contribution in [0.1, 0.15) is 5.76 Å². The minimum absolute atomic E-state index is 0.0917. The van der Waals surface area contributed by atoms with E-state index in [1.165, 1.54) is 18.4 Å². The Bertz CT molecular complexity index is 710. The average Bonchev–Trinajstić information content (AvgIpc) is 2.99. The van der Waals surface area contributed by atoms with Gasteiger partial charge in [-0.2, -0.15) is 0 Å². The van der Waals surface area contributed by atoms with E-state index in [2.05, 4.69) is 9.71 Å². The molecule has 0 fully saturated rings. The van der Waals surface area contributed by atoms with Gasteiger partial charge in [0, 0.05) is 0 Å². The summed E-state index contributed by atoms with van der Waals surface area (Å²) >= 11 is 5.53. The van der Waals surface area contributed by atoms with Crippen LogP contribution in [0.3, 0.4) is 0 Å². The molecule has 0 spiro atoms. The monoisotopic (exact) mass is 327 g/mol. The van der Waals surface area contributed by atoms with Gasteiger partial charge in [-0.1, -0.05) is 0 Å². The van der Waals surface area contributed by atoms with Gasteiger partial charge in [-0.3, -0.25) is 0 Å². The minimum atomic E-state index is -3.60. The first-order chi connectivity index (χ1) is 10.0. The van der Waals surface area contributed by atoms with E-state index in [4.69, 9.17) is 21.8 Å². The minimum Gasteiger partial charge on any atom is -0.468 e. The molecule has 3 N–H and O–H groups in total. The summed E-state index contributed by atoms with van der Waals surface area (Å²) in [7, 11) is -3.60. The molecule has 0 unspecified atom stereocenters. The lowest BCUT2D eigenvalue weighted by molar-refractivity contribution is 0.498. The molecular formula is C13H14ClN3O3S. The molecule has 0 bridgehead atoms. The number of rotatable bonds is 6. The number of benzene rings is 1. The molecule has 0 aliphatic heterocycles. The van der Waals surface area contributed by atoms with Crippen molar-refractivity contribution in [3.05, 3.63) is 48.4 Å². The van der Waals surface area contributed by atoms with E-state index in [0.29, 0.717) is 11.4 Å². The third-order valence-electron chi connectivity index (χ3n) is 2.57. The normalized spacial score (nSPS) is 12.5. The Balaban J connectivity index is 2.09. The predicted octanol–water partition coefficient (Wildman–Crippen LogP) is 1.99. The van der Waals surface area contributed by atoms with Crippen molar-refractivity contribution in [1.82, 2.24) is 4.72 Å². The van der Waals surface area contributed by atoms with Crippen molar-refractivity contribution in [1.29, 1.82) is 0 Å². The second kappa shape index (κ2) is 6.75. The molecule has 112 valence electrons. The van der Waals surface area contributed by atoms with Crippen LogP contribution in [-0.4, -0.2) is 20.1 Å². The van der Waals surface area contributed by atoms with E-state index >= 15 is 0 Å². The zero-order chi connectivity index (χ0) is 15.3. The molecule has 21 heavy (non-hydrogen) atoms. The molecule has 8 heteroatoms. The first-order valence-electron chi connectivity index (χ1n) is 6.02. The van der Waals surface area contributed by atoms with Crippen LogP contribution in [0.5, 0.6) is 0 Å². The maximum Gasteiger partial charge on any atom is 0.240 e. The van der Waals surface area contributed by atoms with Crippen LogP contribution in [0, 0.1) is 0 Å². The molecule has 1 aromatic carbocycles. The third-order valence-corrected chi connectivity index (χ3v) is 4.26. The number of nitrogens with one attached hydrogen (secondary N) is 1. The van der Waals surface area contributed by atoms with E-state index < -0.39 is 10.0 Å².